The number of hydrogen-bond acceptors (Lipinski definition) is 2. The van der Waals surface area contributed by atoms with Gasteiger partial charge in [-0.25, -0.2) is 0 Å². The van der Waals surface area contributed by atoms with Gasteiger partial charge in [0, 0.05) is 25.1 Å². The Labute approximate surface area is 131 Å². The Balaban J connectivity index is 2.51. The van der Waals surface area contributed by atoms with E-state index in [1.54, 1.807) is 25.3 Å². The zero-order chi connectivity index (χ0) is 14.3. The lowest BCUT2D eigenvalue weighted by Crippen LogP contribution is -2.37. The fourth-order valence-corrected chi connectivity index (χ4v) is 2.37. The number of ether oxygens (including phenoxy) is 1. The van der Waals surface area contributed by atoms with E-state index in [0.29, 0.717) is 22.0 Å². The monoisotopic (exact) mass is 367 g/mol. The van der Waals surface area contributed by atoms with E-state index in [2.05, 4.69) is 21.2 Å². The zero-order valence-electron chi connectivity index (χ0n) is 10.6. The SMILES string of the molecule is COCCC(CBr)NC(=O)Cc1ccc(Cl)c(Cl)c1. The standard InChI is InChI=1S/C13H16BrCl2NO2/c1-19-5-4-10(8-14)17-13(18)7-9-2-3-11(15)12(16)6-9/h2-3,6,10H,4-5,7-8H2,1H3,(H,17,18). The van der Waals surface area contributed by atoms with Crippen LogP contribution in [0.1, 0.15) is 12.0 Å². The van der Waals surface area contributed by atoms with Crippen LogP contribution >= 0.6 is 39.1 Å². The number of methoxy groups -OCH3 is 1. The maximum absolute atomic E-state index is 11.9. The summed E-state index contributed by atoms with van der Waals surface area (Å²) in [6.45, 7) is 0.614. The molecule has 1 atom stereocenters. The molecule has 0 fully saturated rings. The average molecular weight is 369 g/mol. The van der Waals surface area contributed by atoms with Gasteiger partial charge in [0.1, 0.15) is 0 Å². The Hall–Kier alpha value is -0.290. The highest BCUT2D eigenvalue weighted by Gasteiger charge is 2.12. The summed E-state index contributed by atoms with van der Waals surface area (Å²) >= 11 is 15.1. The van der Waals surface area contributed by atoms with Gasteiger partial charge in [-0.3, -0.25) is 4.79 Å². The number of amides is 1. The van der Waals surface area contributed by atoms with Crippen molar-refractivity contribution < 1.29 is 9.53 Å². The van der Waals surface area contributed by atoms with Crippen LogP contribution in [0.3, 0.4) is 0 Å². The molecule has 0 aromatic heterocycles. The van der Waals surface area contributed by atoms with Gasteiger partial charge in [0.15, 0.2) is 0 Å². The van der Waals surface area contributed by atoms with E-state index < -0.39 is 0 Å². The molecule has 0 heterocycles. The highest BCUT2D eigenvalue weighted by atomic mass is 79.9. The van der Waals surface area contributed by atoms with Gasteiger partial charge in [0.25, 0.3) is 0 Å². The zero-order valence-corrected chi connectivity index (χ0v) is 13.7. The Bertz CT molecular complexity index is 429. The van der Waals surface area contributed by atoms with E-state index in [-0.39, 0.29) is 18.4 Å². The van der Waals surface area contributed by atoms with E-state index in [1.165, 1.54) is 0 Å². The van der Waals surface area contributed by atoms with Crippen molar-refractivity contribution in [3.05, 3.63) is 33.8 Å². The molecule has 3 nitrogen and oxygen atoms in total. The maximum Gasteiger partial charge on any atom is 0.224 e. The van der Waals surface area contributed by atoms with Crippen molar-refractivity contribution in [2.75, 3.05) is 19.0 Å². The molecule has 0 aliphatic heterocycles. The molecule has 0 bridgehead atoms. The van der Waals surface area contributed by atoms with Crippen molar-refractivity contribution in [3.8, 4) is 0 Å². The quantitative estimate of drug-likeness (QED) is 0.748. The first-order valence-electron chi connectivity index (χ1n) is 5.85. The maximum atomic E-state index is 11.9. The Kier molecular flexibility index (Phi) is 7.76. The lowest BCUT2D eigenvalue weighted by atomic mass is 10.1. The van der Waals surface area contributed by atoms with Crippen LogP contribution in [-0.4, -0.2) is 31.0 Å². The van der Waals surface area contributed by atoms with Crippen LogP contribution in [0, 0.1) is 0 Å². The third-order valence-electron chi connectivity index (χ3n) is 2.57. The third kappa shape index (κ3) is 6.13. The van der Waals surface area contributed by atoms with Crippen LogP contribution in [0.2, 0.25) is 10.0 Å². The van der Waals surface area contributed by atoms with Crippen LogP contribution in [0.5, 0.6) is 0 Å². The molecular formula is C13H16BrCl2NO2. The minimum Gasteiger partial charge on any atom is -0.385 e. The molecule has 0 saturated carbocycles. The smallest absolute Gasteiger partial charge is 0.224 e. The van der Waals surface area contributed by atoms with Crippen molar-refractivity contribution in [2.24, 2.45) is 0 Å². The summed E-state index contributed by atoms with van der Waals surface area (Å²) in [4.78, 5) is 11.9. The molecular weight excluding hydrogens is 353 g/mol. The van der Waals surface area contributed by atoms with E-state index in [9.17, 15) is 4.79 Å². The lowest BCUT2D eigenvalue weighted by molar-refractivity contribution is -0.121. The van der Waals surface area contributed by atoms with Gasteiger partial charge < -0.3 is 10.1 Å². The van der Waals surface area contributed by atoms with Crippen LogP contribution < -0.4 is 5.32 Å². The summed E-state index contributed by atoms with van der Waals surface area (Å²) in [5.74, 6) is -0.0426. The summed E-state index contributed by atoms with van der Waals surface area (Å²) in [6.07, 6.45) is 1.06. The fourth-order valence-electron chi connectivity index (χ4n) is 1.56. The molecule has 0 aliphatic rings. The Morgan fingerprint density at radius 1 is 1.42 bits per heavy atom. The molecule has 1 amide bonds. The van der Waals surface area contributed by atoms with Crippen molar-refractivity contribution in [1.29, 1.82) is 0 Å². The number of rotatable bonds is 7. The fraction of sp³-hybridized carbons (Fsp3) is 0.462. The largest absolute Gasteiger partial charge is 0.385 e. The third-order valence-corrected chi connectivity index (χ3v) is 4.09. The second kappa shape index (κ2) is 8.80. The molecule has 106 valence electrons. The molecule has 1 aromatic carbocycles. The van der Waals surface area contributed by atoms with Crippen LogP contribution in [0.25, 0.3) is 0 Å². The molecule has 1 aromatic rings. The molecule has 19 heavy (non-hydrogen) atoms. The van der Waals surface area contributed by atoms with E-state index in [0.717, 1.165) is 12.0 Å². The summed E-state index contributed by atoms with van der Waals surface area (Å²) in [6, 6.07) is 5.27. The lowest BCUT2D eigenvalue weighted by Gasteiger charge is -2.15. The number of benzene rings is 1. The molecule has 0 spiro atoms. The van der Waals surface area contributed by atoms with Gasteiger partial charge in [0.05, 0.1) is 16.5 Å². The van der Waals surface area contributed by atoms with Crippen LogP contribution in [-0.2, 0) is 16.0 Å². The van der Waals surface area contributed by atoms with E-state index in [4.69, 9.17) is 27.9 Å². The first kappa shape index (κ1) is 16.8. The Morgan fingerprint density at radius 2 is 2.16 bits per heavy atom. The van der Waals surface area contributed by atoms with Gasteiger partial charge in [0.2, 0.25) is 5.91 Å². The minimum absolute atomic E-state index is 0.0426. The molecule has 6 heteroatoms. The average Bonchev–Trinajstić information content (AvgIpc) is 2.38. The highest BCUT2D eigenvalue weighted by molar-refractivity contribution is 9.09. The second-order valence-corrected chi connectivity index (χ2v) is 5.59. The normalized spacial score (nSPS) is 12.2. The Morgan fingerprint density at radius 3 is 2.74 bits per heavy atom. The second-order valence-electron chi connectivity index (χ2n) is 4.13. The first-order valence-corrected chi connectivity index (χ1v) is 7.72. The summed E-state index contributed by atoms with van der Waals surface area (Å²) < 4.78 is 5.00. The van der Waals surface area contributed by atoms with Crippen molar-refractivity contribution in [1.82, 2.24) is 5.32 Å². The highest BCUT2D eigenvalue weighted by Crippen LogP contribution is 2.22. The molecule has 0 aliphatic carbocycles. The number of alkyl halides is 1. The number of hydrogen-bond donors (Lipinski definition) is 1. The van der Waals surface area contributed by atoms with Gasteiger partial charge in [-0.1, -0.05) is 45.2 Å². The van der Waals surface area contributed by atoms with E-state index >= 15 is 0 Å². The van der Waals surface area contributed by atoms with Crippen LogP contribution in [0.4, 0.5) is 0 Å². The molecule has 0 radical (unpaired) electrons. The van der Waals surface area contributed by atoms with Crippen molar-refractivity contribution >= 4 is 45.0 Å². The van der Waals surface area contributed by atoms with Crippen molar-refractivity contribution in [3.63, 3.8) is 0 Å². The van der Waals surface area contributed by atoms with Gasteiger partial charge >= 0.3 is 0 Å². The van der Waals surface area contributed by atoms with Gasteiger partial charge in [-0.05, 0) is 24.1 Å². The predicted molar refractivity (Wildman–Crippen MR) is 82.4 cm³/mol. The predicted octanol–water partition coefficient (Wildman–Crippen LogP) is 3.45. The number of halogens is 3. The van der Waals surface area contributed by atoms with Gasteiger partial charge in [-0.15, -0.1) is 0 Å². The summed E-state index contributed by atoms with van der Waals surface area (Å²) in [5, 5.41) is 4.59. The first-order chi connectivity index (χ1) is 9.06. The van der Waals surface area contributed by atoms with E-state index in [1.807, 2.05) is 0 Å². The number of nitrogens with one attached hydrogen (secondary N) is 1. The summed E-state index contributed by atoms with van der Waals surface area (Å²) in [7, 11) is 1.64. The topological polar surface area (TPSA) is 38.3 Å². The van der Waals surface area contributed by atoms with Crippen LogP contribution in [0.15, 0.2) is 18.2 Å². The molecule has 0 saturated heterocycles. The minimum atomic E-state index is -0.0426. The number of carbonyl (C=O) groups is 1. The molecule has 1 unspecified atom stereocenters. The number of carbonyl (C=O) groups excluding carboxylic acids is 1. The summed E-state index contributed by atoms with van der Waals surface area (Å²) in [5.41, 5.74) is 0.840. The van der Waals surface area contributed by atoms with Crippen molar-refractivity contribution in [2.45, 2.75) is 18.9 Å². The van der Waals surface area contributed by atoms with Gasteiger partial charge in [-0.2, -0.15) is 0 Å². The molecule has 1 rings (SSSR count). The molecule has 1 N–H and O–H groups in total.